The number of hydrogen-bond donors (Lipinski definition) is 0. The Morgan fingerprint density at radius 3 is 2.81 bits per heavy atom. The molecule has 0 spiro atoms. The summed E-state index contributed by atoms with van der Waals surface area (Å²) in [7, 11) is 0. The van der Waals surface area contributed by atoms with E-state index in [0.29, 0.717) is 17.5 Å². The highest BCUT2D eigenvalue weighted by molar-refractivity contribution is 5.96. The highest BCUT2D eigenvalue weighted by atomic mass is 16.4. The largest absolute Gasteiger partial charge is 0.422 e. The lowest BCUT2D eigenvalue weighted by molar-refractivity contribution is 0.0748. The maximum atomic E-state index is 12.4. The van der Waals surface area contributed by atoms with Gasteiger partial charge in [-0.15, -0.1) is 0 Å². The third-order valence-corrected chi connectivity index (χ3v) is 3.26. The normalized spacial score (nSPS) is 11.9. The van der Waals surface area contributed by atoms with Crippen LogP contribution in [-0.2, 0) is 0 Å². The van der Waals surface area contributed by atoms with E-state index in [1.54, 1.807) is 31.2 Å². The summed E-state index contributed by atoms with van der Waals surface area (Å²) in [5, 5.41) is 9.56. The molecule has 0 saturated heterocycles. The molecule has 0 aliphatic heterocycles. The molecule has 1 aromatic heterocycles. The summed E-state index contributed by atoms with van der Waals surface area (Å²) in [5.74, 6) is -0.694. The van der Waals surface area contributed by atoms with E-state index in [0.717, 1.165) is 0 Å². The van der Waals surface area contributed by atoms with Crippen molar-refractivity contribution in [2.24, 2.45) is 5.92 Å². The summed E-state index contributed by atoms with van der Waals surface area (Å²) >= 11 is 0. The van der Waals surface area contributed by atoms with Crippen LogP contribution in [0.3, 0.4) is 0 Å². The van der Waals surface area contributed by atoms with E-state index in [-0.39, 0.29) is 18.0 Å². The SMILES string of the molecule is CCN(C[C@@H](C)C#N)C(=O)c1cc2ccccc2oc1=O. The van der Waals surface area contributed by atoms with Crippen molar-refractivity contribution in [3.63, 3.8) is 0 Å². The summed E-state index contributed by atoms with van der Waals surface area (Å²) in [4.78, 5) is 25.9. The average Bonchev–Trinajstić information content (AvgIpc) is 2.50. The van der Waals surface area contributed by atoms with E-state index in [4.69, 9.17) is 9.68 Å². The number of hydrogen-bond acceptors (Lipinski definition) is 4. The molecule has 108 valence electrons. The van der Waals surface area contributed by atoms with Crippen LogP contribution in [0.25, 0.3) is 11.0 Å². The molecule has 5 heteroatoms. The van der Waals surface area contributed by atoms with E-state index in [1.807, 2.05) is 13.0 Å². The van der Waals surface area contributed by atoms with Crippen LogP contribution < -0.4 is 5.63 Å². The van der Waals surface area contributed by atoms with E-state index in [2.05, 4.69) is 6.07 Å². The van der Waals surface area contributed by atoms with Crippen molar-refractivity contribution < 1.29 is 9.21 Å². The van der Waals surface area contributed by atoms with Gasteiger partial charge in [-0.3, -0.25) is 4.79 Å². The minimum atomic E-state index is -0.651. The fourth-order valence-corrected chi connectivity index (χ4v) is 2.11. The van der Waals surface area contributed by atoms with E-state index in [9.17, 15) is 9.59 Å². The molecule has 1 amide bonds. The molecule has 0 unspecified atom stereocenters. The summed E-state index contributed by atoms with van der Waals surface area (Å²) in [6.45, 7) is 4.26. The number of amides is 1. The quantitative estimate of drug-likeness (QED) is 0.808. The van der Waals surface area contributed by atoms with Crippen molar-refractivity contribution in [3.05, 3.63) is 46.3 Å². The number of benzene rings is 1. The highest BCUT2D eigenvalue weighted by Gasteiger charge is 2.20. The zero-order valence-corrected chi connectivity index (χ0v) is 12.0. The van der Waals surface area contributed by atoms with Crippen molar-refractivity contribution >= 4 is 16.9 Å². The van der Waals surface area contributed by atoms with Gasteiger partial charge in [-0.25, -0.2) is 4.79 Å². The number of para-hydroxylation sites is 1. The number of nitrogens with zero attached hydrogens (tertiary/aromatic N) is 2. The summed E-state index contributed by atoms with van der Waals surface area (Å²) in [5.41, 5.74) is -0.199. The lowest BCUT2D eigenvalue weighted by Gasteiger charge is -2.21. The molecule has 21 heavy (non-hydrogen) atoms. The van der Waals surface area contributed by atoms with Crippen LogP contribution >= 0.6 is 0 Å². The minimum Gasteiger partial charge on any atom is -0.422 e. The van der Waals surface area contributed by atoms with Gasteiger partial charge in [0.05, 0.1) is 12.0 Å². The van der Waals surface area contributed by atoms with Crippen LogP contribution in [-0.4, -0.2) is 23.9 Å². The summed E-state index contributed by atoms with van der Waals surface area (Å²) in [6, 6.07) is 10.7. The minimum absolute atomic E-state index is 0.000639. The molecule has 0 aliphatic rings. The molecule has 2 rings (SSSR count). The van der Waals surface area contributed by atoms with Crippen molar-refractivity contribution in [1.29, 1.82) is 5.26 Å². The monoisotopic (exact) mass is 284 g/mol. The Kier molecular flexibility index (Phi) is 4.39. The molecule has 0 radical (unpaired) electrons. The smallest absolute Gasteiger partial charge is 0.349 e. The van der Waals surface area contributed by atoms with Gasteiger partial charge in [-0.05, 0) is 26.0 Å². The molecule has 1 heterocycles. The first-order chi connectivity index (χ1) is 10.1. The van der Waals surface area contributed by atoms with E-state index < -0.39 is 11.5 Å². The Balaban J connectivity index is 2.40. The maximum absolute atomic E-state index is 12.4. The third kappa shape index (κ3) is 3.11. The molecular formula is C16H16N2O3. The van der Waals surface area contributed by atoms with Gasteiger partial charge in [-0.1, -0.05) is 18.2 Å². The first-order valence-corrected chi connectivity index (χ1v) is 6.78. The van der Waals surface area contributed by atoms with Gasteiger partial charge in [-0.2, -0.15) is 5.26 Å². The predicted molar refractivity (Wildman–Crippen MR) is 78.8 cm³/mol. The molecule has 1 atom stereocenters. The Morgan fingerprint density at radius 1 is 1.43 bits per heavy atom. The van der Waals surface area contributed by atoms with Crippen LogP contribution in [0.2, 0.25) is 0 Å². The van der Waals surface area contributed by atoms with Crippen molar-refractivity contribution in [2.45, 2.75) is 13.8 Å². The predicted octanol–water partition coefficient (Wildman–Crippen LogP) is 2.41. The first-order valence-electron chi connectivity index (χ1n) is 6.78. The molecule has 0 bridgehead atoms. The van der Waals surface area contributed by atoms with Gasteiger partial charge in [0.25, 0.3) is 5.91 Å². The topological polar surface area (TPSA) is 74.3 Å². The fraction of sp³-hybridized carbons (Fsp3) is 0.312. The van der Waals surface area contributed by atoms with Crippen molar-refractivity contribution in [3.8, 4) is 6.07 Å². The van der Waals surface area contributed by atoms with Crippen LogP contribution in [0.15, 0.2) is 39.5 Å². The molecule has 1 aromatic carbocycles. The molecular weight excluding hydrogens is 268 g/mol. The van der Waals surface area contributed by atoms with Gasteiger partial charge in [0.15, 0.2) is 0 Å². The number of nitriles is 1. The van der Waals surface area contributed by atoms with Crippen LogP contribution in [0.4, 0.5) is 0 Å². The fourth-order valence-electron chi connectivity index (χ4n) is 2.11. The van der Waals surface area contributed by atoms with Gasteiger partial charge in [0.1, 0.15) is 11.1 Å². The highest BCUT2D eigenvalue weighted by Crippen LogP contribution is 2.14. The van der Waals surface area contributed by atoms with Crippen LogP contribution in [0, 0.1) is 17.2 Å². The second-order valence-electron chi connectivity index (χ2n) is 4.86. The van der Waals surface area contributed by atoms with E-state index in [1.165, 1.54) is 4.90 Å². The number of fused-ring (bicyclic) bond motifs is 1. The molecule has 0 N–H and O–H groups in total. The Hall–Kier alpha value is -2.61. The number of carbonyl (C=O) groups is 1. The zero-order chi connectivity index (χ0) is 15.4. The second kappa shape index (κ2) is 6.23. The van der Waals surface area contributed by atoms with Crippen molar-refractivity contribution in [2.75, 3.05) is 13.1 Å². The third-order valence-electron chi connectivity index (χ3n) is 3.26. The average molecular weight is 284 g/mol. The van der Waals surface area contributed by atoms with Gasteiger partial charge < -0.3 is 9.32 Å². The lowest BCUT2D eigenvalue weighted by atomic mass is 10.1. The zero-order valence-electron chi connectivity index (χ0n) is 12.0. The number of carbonyl (C=O) groups excluding carboxylic acids is 1. The Labute approximate surface area is 122 Å². The Morgan fingerprint density at radius 2 is 2.14 bits per heavy atom. The number of rotatable bonds is 4. The molecule has 0 aliphatic carbocycles. The second-order valence-corrected chi connectivity index (χ2v) is 4.86. The standard InChI is InChI=1S/C16H16N2O3/c1-3-18(10-11(2)9-17)15(19)13-8-12-6-4-5-7-14(12)21-16(13)20/h4-8,11H,3,10H2,1-2H3/t11-/m0/s1. The Bertz CT molecular complexity index is 758. The lowest BCUT2D eigenvalue weighted by Crippen LogP contribution is -2.36. The van der Waals surface area contributed by atoms with Crippen LogP contribution in [0.1, 0.15) is 24.2 Å². The first kappa shape index (κ1) is 14.8. The molecule has 5 nitrogen and oxygen atoms in total. The van der Waals surface area contributed by atoms with Crippen molar-refractivity contribution in [1.82, 2.24) is 4.90 Å². The van der Waals surface area contributed by atoms with E-state index >= 15 is 0 Å². The molecule has 2 aromatic rings. The molecule has 0 fully saturated rings. The van der Waals surface area contributed by atoms with Gasteiger partial charge >= 0.3 is 5.63 Å². The summed E-state index contributed by atoms with van der Waals surface area (Å²) in [6.07, 6.45) is 0. The maximum Gasteiger partial charge on any atom is 0.349 e. The summed E-state index contributed by atoms with van der Waals surface area (Å²) < 4.78 is 5.17. The molecule has 0 saturated carbocycles. The van der Waals surface area contributed by atoms with Gasteiger partial charge in [0.2, 0.25) is 0 Å². The van der Waals surface area contributed by atoms with Crippen LogP contribution in [0.5, 0.6) is 0 Å². The van der Waals surface area contributed by atoms with Gasteiger partial charge in [0, 0.05) is 18.5 Å².